The Morgan fingerprint density at radius 1 is 1.10 bits per heavy atom. The van der Waals surface area contributed by atoms with Gasteiger partial charge in [0, 0.05) is 5.92 Å². The SMILES string of the molecule is C=Cc1ccc(COC2CCC(c3ccc(OCCCC)c(F)c3F)CO2)cc1. The van der Waals surface area contributed by atoms with Gasteiger partial charge in [-0.05, 0) is 42.0 Å². The van der Waals surface area contributed by atoms with Gasteiger partial charge in [-0.2, -0.15) is 4.39 Å². The summed E-state index contributed by atoms with van der Waals surface area (Å²) in [6.45, 7) is 6.88. The number of unbranched alkanes of at least 4 members (excludes halogenated alkanes) is 1. The predicted octanol–water partition coefficient (Wildman–Crippen LogP) is 6.22. The Labute approximate surface area is 171 Å². The van der Waals surface area contributed by atoms with Crippen LogP contribution < -0.4 is 4.74 Å². The van der Waals surface area contributed by atoms with Crippen LogP contribution in [0.25, 0.3) is 6.08 Å². The quantitative estimate of drug-likeness (QED) is 0.466. The summed E-state index contributed by atoms with van der Waals surface area (Å²) >= 11 is 0. The lowest BCUT2D eigenvalue weighted by molar-refractivity contribution is -0.173. The maximum Gasteiger partial charge on any atom is 0.200 e. The van der Waals surface area contributed by atoms with Crippen LogP contribution in [0.2, 0.25) is 0 Å². The summed E-state index contributed by atoms with van der Waals surface area (Å²) < 4.78 is 45.8. The summed E-state index contributed by atoms with van der Waals surface area (Å²) in [5, 5.41) is 0. The molecule has 5 heteroatoms. The van der Waals surface area contributed by atoms with Crippen LogP contribution in [0.4, 0.5) is 8.78 Å². The topological polar surface area (TPSA) is 27.7 Å². The molecule has 2 aromatic carbocycles. The second-order valence-corrected chi connectivity index (χ2v) is 7.28. The molecule has 0 bridgehead atoms. The molecule has 0 N–H and O–H groups in total. The summed E-state index contributed by atoms with van der Waals surface area (Å²) in [6.07, 6.45) is 4.50. The van der Waals surface area contributed by atoms with E-state index < -0.39 is 11.6 Å². The molecular weight excluding hydrogens is 374 g/mol. The van der Waals surface area contributed by atoms with Crippen molar-refractivity contribution in [3.8, 4) is 5.75 Å². The number of ether oxygens (including phenoxy) is 3. The van der Waals surface area contributed by atoms with Crippen molar-refractivity contribution in [2.45, 2.75) is 51.4 Å². The Hall–Kier alpha value is -2.24. The van der Waals surface area contributed by atoms with Crippen molar-refractivity contribution in [3.05, 3.63) is 71.3 Å². The highest BCUT2D eigenvalue weighted by Crippen LogP contribution is 2.34. The average Bonchev–Trinajstić information content (AvgIpc) is 2.76. The van der Waals surface area contributed by atoms with E-state index >= 15 is 0 Å². The second kappa shape index (κ2) is 10.5. The van der Waals surface area contributed by atoms with Crippen LogP contribution in [-0.2, 0) is 16.1 Å². The van der Waals surface area contributed by atoms with Gasteiger partial charge in [-0.1, -0.05) is 56.3 Å². The molecule has 0 amide bonds. The zero-order chi connectivity index (χ0) is 20.6. The average molecular weight is 402 g/mol. The van der Waals surface area contributed by atoms with Gasteiger partial charge in [0.25, 0.3) is 0 Å². The first-order chi connectivity index (χ1) is 14.1. The lowest BCUT2D eigenvalue weighted by Gasteiger charge is -2.29. The molecule has 1 aliphatic heterocycles. The molecule has 0 radical (unpaired) electrons. The number of halogens is 2. The van der Waals surface area contributed by atoms with Gasteiger partial charge in [-0.3, -0.25) is 0 Å². The zero-order valence-corrected chi connectivity index (χ0v) is 16.8. The third-order valence-corrected chi connectivity index (χ3v) is 5.16. The monoisotopic (exact) mass is 402 g/mol. The van der Waals surface area contributed by atoms with Gasteiger partial charge in [0.1, 0.15) is 0 Å². The molecule has 2 aromatic rings. The van der Waals surface area contributed by atoms with Gasteiger partial charge in [-0.25, -0.2) is 4.39 Å². The van der Waals surface area contributed by atoms with Crippen molar-refractivity contribution in [1.29, 1.82) is 0 Å². The lowest BCUT2D eigenvalue weighted by atomic mass is 9.92. The van der Waals surface area contributed by atoms with Crippen LogP contribution >= 0.6 is 0 Å². The smallest absolute Gasteiger partial charge is 0.200 e. The predicted molar refractivity (Wildman–Crippen MR) is 110 cm³/mol. The van der Waals surface area contributed by atoms with Crippen LogP contribution in [0.5, 0.6) is 5.75 Å². The molecule has 1 aliphatic rings. The van der Waals surface area contributed by atoms with Crippen LogP contribution in [0, 0.1) is 11.6 Å². The Morgan fingerprint density at radius 2 is 1.90 bits per heavy atom. The minimum Gasteiger partial charge on any atom is -0.490 e. The van der Waals surface area contributed by atoms with E-state index in [1.54, 1.807) is 12.1 Å². The van der Waals surface area contributed by atoms with Gasteiger partial charge in [0.2, 0.25) is 5.82 Å². The van der Waals surface area contributed by atoms with Crippen molar-refractivity contribution in [3.63, 3.8) is 0 Å². The van der Waals surface area contributed by atoms with Gasteiger partial charge < -0.3 is 14.2 Å². The summed E-state index contributed by atoms with van der Waals surface area (Å²) in [5.41, 5.74) is 2.44. The zero-order valence-electron chi connectivity index (χ0n) is 16.8. The fourth-order valence-corrected chi connectivity index (χ4v) is 3.34. The fraction of sp³-hybridized carbons (Fsp3) is 0.417. The van der Waals surface area contributed by atoms with E-state index in [-0.39, 0.29) is 18.0 Å². The van der Waals surface area contributed by atoms with E-state index in [1.807, 2.05) is 31.2 Å². The molecule has 3 rings (SSSR count). The standard InChI is InChI=1S/C24H28F2O3/c1-3-5-14-27-21-12-11-20(23(25)24(21)26)19-10-13-22(29-16-19)28-15-18-8-6-17(4-2)7-9-18/h4,6-9,11-12,19,22H,2-3,5,10,13-16H2,1H3. The summed E-state index contributed by atoms with van der Waals surface area (Å²) in [6, 6.07) is 11.1. The molecule has 1 heterocycles. The minimum absolute atomic E-state index is 0.0277. The Balaban J connectivity index is 1.52. The molecule has 156 valence electrons. The third kappa shape index (κ3) is 5.64. The molecule has 0 aromatic heterocycles. The maximum absolute atomic E-state index is 14.5. The molecule has 0 saturated carbocycles. The number of rotatable bonds is 9. The first kappa shape index (κ1) is 21.5. The third-order valence-electron chi connectivity index (χ3n) is 5.16. The van der Waals surface area contributed by atoms with E-state index in [9.17, 15) is 8.78 Å². The Morgan fingerprint density at radius 3 is 2.55 bits per heavy atom. The number of benzene rings is 2. The number of hydrogen-bond donors (Lipinski definition) is 0. The number of hydrogen-bond acceptors (Lipinski definition) is 3. The normalized spacial score (nSPS) is 19.1. The van der Waals surface area contributed by atoms with Crippen molar-refractivity contribution in [2.75, 3.05) is 13.2 Å². The Kier molecular flexibility index (Phi) is 7.78. The van der Waals surface area contributed by atoms with Crippen LogP contribution in [-0.4, -0.2) is 19.5 Å². The molecule has 1 saturated heterocycles. The van der Waals surface area contributed by atoms with E-state index in [0.29, 0.717) is 38.2 Å². The first-order valence-corrected chi connectivity index (χ1v) is 10.2. The summed E-state index contributed by atoms with van der Waals surface area (Å²) in [4.78, 5) is 0. The molecule has 3 nitrogen and oxygen atoms in total. The lowest BCUT2D eigenvalue weighted by Crippen LogP contribution is -2.27. The van der Waals surface area contributed by atoms with Crippen LogP contribution in [0.1, 0.15) is 55.2 Å². The highest BCUT2D eigenvalue weighted by atomic mass is 19.2. The van der Waals surface area contributed by atoms with Gasteiger partial charge in [0.15, 0.2) is 17.9 Å². The largest absolute Gasteiger partial charge is 0.490 e. The Bertz CT molecular complexity index is 797. The van der Waals surface area contributed by atoms with E-state index in [2.05, 4.69) is 6.58 Å². The van der Waals surface area contributed by atoms with Gasteiger partial charge in [-0.15, -0.1) is 0 Å². The molecule has 0 aliphatic carbocycles. The van der Waals surface area contributed by atoms with Crippen molar-refractivity contribution in [2.24, 2.45) is 0 Å². The van der Waals surface area contributed by atoms with Gasteiger partial charge in [0.05, 0.1) is 19.8 Å². The molecule has 29 heavy (non-hydrogen) atoms. The molecule has 2 atom stereocenters. The summed E-state index contributed by atoms with van der Waals surface area (Å²) in [7, 11) is 0. The van der Waals surface area contributed by atoms with Gasteiger partial charge >= 0.3 is 0 Å². The summed E-state index contributed by atoms with van der Waals surface area (Å²) in [5.74, 6) is -1.98. The minimum atomic E-state index is -0.917. The van der Waals surface area contributed by atoms with E-state index in [1.165, 1.54) is 6.07 Å². The van der Waals surface area contributed by atoms with Crippen molar-refractivity contribution < 1.29 is 23.0 Å². The molecule has 2 unspecified atom stereocenters. The van der Waals surface area contributed by atoms with Crippen molar-refractivity contribution >= 4 is 6.08 Å². The van der Waals surface area contributed by atoms with Crippen molar-refractivity contribution in [1.82, 2.24) is 0 Å². The molecule has 0 spiro atoms. The highest BCUT2D eigenvalue weighted by Gasteiger charge is 2.27. The highest BCUT2D eigenvalue weighted by molar-refractivity contribution is 5.47. The fourth-order valence-electron chi connectivity index (χ4n) is 3.34. The maximum atomic E-state index is 14.5. The molecule has 1 fully saturated rings. The second-order valence-electron chi connectivity index (χ2n) is 7.28. The molecular formula is C24H28F2O3. The van der Waals surface area contributed by atoms with E-state index in [0.717, 1.165) is 24.0 Å². The van der Waals surface area contributed by atoms with E-state index in [4.69, 9.17) is 14.2 Å². The van der Waals surface area contributed by atoms with Crippen LogP contribution in [0.3, 0.4) is 0 Å². The first-order valence-electron chi connectivity index (χ1n) is 10.2. The van der Waals surface area contributed by atoms with Crippen LogP contribution in [0.15, 0.2) is 43.0 Å².